The Hall–Kier alpha value is -2.41. The topological polar surface area (TPSA) is 107 Å². The van der Waals surface area contributed by atoms with Crippen molar-refractivity contribution >= 4 is 17.8 Å². The number of carbonyl (C=O) groups excluding carboxylic acids is 2. The fourth-order valence-corrected chi connectivity index (χ4v) is 3.66. The highest BCUT2D eigenvalue weighted by atomic mass is 16.5. The monoisotopic (exact) mass is 362 g/mol. The fraction of sp³-hybridized carbons (Fsp3) is 0.526. The molecule has 1 aliphatic carbocycles. The number of carbonyl (C=O) groups is 3. The van der Waals surface area contributed by atoms with Gasteiger partial charge < -0.3 is 10.0 Å². The van der Waals surface area contributed by atoms with Crippen LogP contribution in [-0.2, 0) is 20.8 Å². The number of hydrogen-bond donors (Lipinski definition) is 3. The van der Waals surface area contributed by atoms with Crippen molar-refractivity contribution in [3.05, 3.63) is 35.9 Å². The smallest absolute Gasteiger partial charge is 0.307 e. The molecule has 1 aromatic carbocycles. The molecule has 0 heterocycles. The zero-order chi connectivity index (χ0) is 19.1. The average molecular weight is 362 g/mol. The molecular formula is C19H26N2O5. The van der Waals surface area contributed by atoms with Gasteiger partial charge in [0.05, 0.1) is 11.8 Å². The predicted octanol–water partition coefficient (Wildman–Crippen LogP) is 1.84. The second-order valence-corrected chi connectivity index (χ2v) is 6.80. The van der Waals surface area contributed by atoms with Gasteiger partial charge in [-0.2, -0.15) is 0 Å². The van der Waals surface area contributed by atoms with Crippen molar-refractivity contribution in [2.24, 2.45) is 11.8 Å². The van der Waals surface area contributed by atoms with Gasteiger partial charge in [-0.25, -0.2) is 5.48 Å². The van der Waals surface area contributed by atoms with Crippen LogP contribution >= 0.6 is 0 Å². The quantitative estimate of drug-likeness (QED) is 0.507. The minimum absolute atomic E-state index is 0.336. The normalized spacial score (nSPS) is 20.8. The molecule has 26 heavy (non-hydrogen) atoms. The van der Waals surface area contributed by atoms with Crippen LogP contribution in [0.25, 0.3) is 0 Å². The molecular weight excluding hydrogens is 336 g/mol. The first-order valence-electron chi connectivity index (χ1n) is 8.93. The summed E-state index contributed by atoms with van der Waals surface area (Å²) in [6, 6.07) is 8.68. The Morgan fingerprint density at radius 1 is 1.15 bits per heavy atom. The molecule has 0 bridgehead atoms. The molecule has 7 heteroatoms. The number of likely N-dealkylation sites (N-methyl/N-ethyl adjacent to an activating group) is 1. The number of aliphatic carboxylic acids is 1. The summed E-state index contributed by atoms with van der Waals surface area (Å²) in [5, 5.41) is 18.4. The standard InChI is InChI=1S/C19H26N2O5/c1-21(18(23)14-9-5-6-10-15(14)19(24)25)16(17(22)20-26)12-11-13-7-3-2-4-8-13/h2-4,7-8,14-16,26H,5-6,9-12H2,1H3,(H,20,22)(H,24,25)/t14-,15-,16?/m0/s1. The number of carboxylic acid groups (broad SMARTS) is 1. The van der Waals surface area contributed by atoms with Crippen LogP contribution in [0.1, 0.15) is 37.7 Å². The maximum atomic E-state index is 12.9. The van der Waals surface area contributed by atoms with Gasteiger partial charge in [-0.3, -0.25) is 19.6 Å². The van der Waals surface area contributed by atoms with E-state index in [2.05, 4.69) is 0 Å². The van der Waals surface area contributed by atoms with E-state index in [4.69, 9.17) is 5.21 Å². The second kappa shape index (κ2) is 9.33. The van der Waals surface area contributed by atoms with Gasteiger partial charge in [0.15, 0.2) is 0 Å². The minimum Gasteiger partial charge on any atom is -0.481 e. The summed E-state index contributed by atoms with van der Waals surface area (Å²) in [6.45, 7) is 0. The Labute approximate surface area is 153 Å². The van der Waals surface area contributed by atoms with Crippen LogP contribution in [0.4, 0.5) is 0 Å². The summed E-state index contributed by atoms with van der Waals surface area (Å²) < 4.78 is 0. The Balaban J connectivity index is 2.11. The van der Waals surface area contributed by atoms with Crippen LogP contribution in [0, 0.1) is 11.8 Å². The first-order valence-corrected chi connectivity index (χ1v) is 8.93. The van der Waals surface area contributed by atoms with Crippen LogP contribution < -0.4 is 5.48 Å². The molecule has 2 rings (SSSR count). The first kappa shape index (κ1) is 19.9. The Morgan fingerprint density at radius 3 is 2.35 bits per heavy atom. The van der Waals surface area contributed by atoms with Crippen molar-refractivity contribution in [2.75, 3.05) is 7.05 Å². The lowest BCUT2D eigenvalue weighted by molar-refractivity contribution is -0.154. The number of amides is 2. The van der Waals surface area contributed by atoms with Gasteiger partial charge in [0.2, 0.25) is 5.91 Å². The molecule has 0 spiro atoms. The largest absolute Gasteiger partial charge is 0.481 e. The summed E-state index contributed by atoms with van der Waals surface area (Å²) in [5.41, 5.74) is 2.64. The number of hydrogen-bond acceptors (Lipinski definition) is 4. The molecule has 1 saturated carbocycles. The third-order valence-corrected chi connectivity index (χ3v) is 5.18. The molecule has 142 valence electrons. The van der Waals surface area contributed by atoms with Crippen LogP contribution in [0.2, 0.25) is 0 Å². The number of nitrogens with zero attached hydrogens (tertiary/aromatic N) is 1. The molecule has 3 N–H and O–H groups in total. The Bertz CT molecular complexity index is 634. The molecule has 0 saturated heterocycles. The fourth-order valence-electron chi connectivity index (χ4n) is 3.66. The van der Waals surface area contributed by atoms with Crippen LogP contribution in [-0.4, -0.2) is 46.1 Å². The number of aryl methyl sites for hydroxylation is 1. The average Bonchev–Trinajstić information content (AvgIpc) is 2.67. The maximum Gasteiger partial charge on any atom is 0.307 e. The molecule has 0 radical (unpaired) electrons. The third-order valence-electron chi connectivity index (χ3n) is 5.18. The third kappa shape index (κ3) is 4.82. The SMILES string of the molecule is CN(C(=O)[C@H]1CCCC[C@@H]1C(=O)O)C(CCc1ccccc1)C(=O)NO. The molecule has 0 aliphatic heterocycles. The number of nitrogens with one attached hydrogen (secondary N) is 1. The van der Waals surface area contributed by atoms with Crippen LogP contribution in [0.3, 0.4) is 0 Å². The van der Waals surface area contributed by atoms with Crippen LogP contribution in [0.5, 0.6) is 0 Å². The van der Waals surface area contributed by atoms with Crippen molar-refractivity contribution in [3.8, 4) is 0 Å². The van der Waals surface area contributed by atoms with Gasteiger partial charge in [-0.05, 0) is 31.2 Å². The molecule has 1 fully saturated rings. The highest BCUT2D eigenvalue weighted by Gasteiger charge is 2.39. The molecule has 2 amide bonds. The lowest BCUT2D eigenvalue weighted by Gasteiger charge is -2.34. The number of rotatable bonds is 7. The molecule has 7 nitrogen and oxygen atoms in total. The summed E-state index contributed by atoms with van der Waals surface area (Å²) in [6.07, 6.45) is 3.47. The minimum atomic E-state index is -0.969. The van der Waals surface area contributed by atoms with E-state index >= 15 is 0 Å². The number of hydroxylamine groups is 1. The summed E-state index contributed by atoms with van der Waals surface area (Å²) >= 11 is 0. The van der Waals surface area contributed by atoms with E-state index in [1.165, 1.54) is 11.9 Å². The molecule has 3 atom stereocenters. The summed E-state index contributed by atoms with van der Waals surface area (Å²) in [7, 11) is 1.50. The van der Waals surface area contributed by atoms with E-state index in [-0.39, 0.29) is 5.91 Å². The van der Waals surface area contributed by atoms with Crippen molar-refractivity contribution in [1.29, 1.82) is 0 Å². The van der Waals surface area contributed by atoms with E-state index in [1.807, 2.05) is 30.3 Å². The van der Waals surface area contributed by atoms with E-state index < -0.39 is 29.8 Å². The lowest BCUT2D eigenvalue weighted by atomic mass is 9.78. The van der Waals surface area contributed by atoms with Crippen molar-refractivity contribution in [2.45, 2.75) is 44.6 Å². The maximum absolute atomic E-state index is 12.9. The zero-order valence-corrected chi connectivity index (χ0v) is 14.9. The Morgan fingerprint density at radius 2 is 1.77 bits per heavy atom. The van der Waals surface area contributed by atoms with Gasteiger partial charge in [-0.1, -0.05) is 43.2 Å². The van der Waals surface area contributed by atoms with Gasteiger partial charge in [0.1, 0.15) is 6.04 Å². The van der Waals surface area contributed by atoms with Crippen molar-refractivity contribution < 1.29 is 24.7 Å². The first-order chi connectivity index (χ1) is 12.5. The highest BCUT2D eigenvalue weighted by molar-refractivity contribution is 5.90. The van der Waals surface area contributed by atoms with Gasteiger partial charge in [-0.15, -0.1) is 0 Å². The molecule has 1 aliphatic rings. The Kier molecular flexibility index (Phi) is 7.15. The second-order valence-electron chi connectivity index (χ2n) is 6.80. The molecule has 1 aromatic rings. The lowest BCUT2D eigenvalue weighted by Crippen LogP contribution is -2.51. The van der Waals surface area contributed by atoms with Gasteiger partial charge in [0.25, 0.3) is 5.91 Å². The van der Waals surface area contributed by atoms with E-state index in [0.717, 1.165) is 18.4 Å². The molecule has 0 aromatic heterocycles. The van der Waals surface area contributed by atoms with E-state index in [9.17, 15) is 19.5 Å². The van der Waals surface area contributed by atoms with Crippen molar-refractivity contribution in [3.63, 3.8) is 0 Å². The summed E-state index contributed by atoms with van der Waals surface area (Å²) in [5.74, 6) is -3.33. The van der Waals surface area contributed by atoms with Crippen molar-refractivity contribution in [1.82, 2.24) is 10.4 Å². The van der Waals surface area contributed by atoms with Gasteiger partial charge >= 0.3 is 5.97 Å². The predicted molar refractivity (Wildman–Crippen MR) is 94.3 cm³/mol. The van der Waals surface area contributed by atoms with E-state index in [0.29, 0.717) is 25.7 Å². The zero-order valence-electron chi connectivity index (χ0n) is 14.9. The summed E-state index contributed by atoms with van der Waals surface area (Å²) in [4.78, 5) is 37.8. The number of carboxylic acids is 1. The molecule has 1 unspecified atom stereocenters. The van der Waals surface area contributed by atoms with Gasteiger partial charge in [0, 0.05) is 7.05 Å². The highest BCUT2D eigenvalue weighted by Crippen LogP contribution is 2.32. The number of benzene rings is 1. The van der Waals surface area contributed by atoms with Crippen LogP contribution in [0.15, 0.2) is 30.3 Å². The van der Waals surface area contributed by atoms with E-state index in [1.54, 1.807) is 5.48 Å².